The highest BCUT2D eigenvalue weighted by atomic mass is 16.5. The zero-order valence-corrected chi connectivity index (χ0v) is 11.8. The molecule has 1 fully saturated rings. The molecule has 1 saturated carbocycles. The molecule has 0 bridgehead atoms. The van der Waals surface area contributed by atoms with Crippen molar-refractivity contribution in [1.82, 2.24) is 4.98 Å². The SMILES string of the molecule is CCOC(=O)c1c[nH]c2c(OCC3CC3)cccc2c1=O. The number of pyridine rings is 1. The number of hydrogen-bond acceptors (Lipinski definition) is 4. The Labute approximate surface area is 121 Å². The van der Waals surface area contributed by atoms with Gasteiger partial charge in [0.1, 0.15) is 11.3 Å². The van der Waals surface area contributed by atoms with Crippen LogP contribution in [0.5, 0.6) is 5.75 Å². The van der Waals surface area contributed by atoms with Gasteiger partial charge in [0.15, 0.2) is 0 Å². The highest BCUT2D eigenvalue weighted by molar-refractivity contribution is 5.94. The molecule has 21 heavy (non-hydrogen) atoms. The normalized spacial score (nSPS) is 14.1. The molecule has 0 amide bonds. The number of ether oxygens (including phenoxy) is 2. The van der Waals surface area contributed by atoms with E-state index in [1.165, 1.54) is 19.0 Å². The van der Waals surface area contributed by atoms with Crippen LogP contribution in [0.1, 0.15) is 30.1 Å². The molecule has 0 aliphatic heterocycles. The van der Waals surface area contributed by atoms with Crippen LogP contribution >= 0.6 is 0 Å². The molecule has 1 N–H and O–H groups in total. The number of fused-ring (bicyclic) bond motifs is 1. The predicted molar refractivity (Wildman–Crippen MR) is 78.7 cm³/mol. The highest BCUT2D eigenvalue weighted by Gasteiger charge is 2.22. The molecule has 1 aromatic heterocycles. The van der Waals surface area contributed by atoms with E-state index in [0.717, 1.165) is 0 Å². The van der Waals surface area contributed by atoms with E-state index in [9.17, 15) is 9.59 Å². The van der Waals surface area contributed by atoms with Crippen LogP contribution in [0.15, 0.2) is 29.2 Å². The van der Waals surface area contributed by atoms with Crippen molar-refractivity contribution in [2.24, 2.45) is 5.92 Å². The second kappa shape index (κ2) is 5.60. The number of carbonyl (C=O) groups is 1. The Bertz CT molecular complexity index is 731. The summed E-state index contributed by atoms with van der Waals surface area (Å²) in [5.41, 5.74) is 0.305. The molecule has 2 aromatic rings. The average Bonchev–Trinajstić information content (AvgIpc) is 3.30. The molecule has 0 atom stereocenters. The van der Waals surface area contributed by atoms with Gasteiger partial charge in [-0.2, -0.15) is 0 Å². The number of carbonyl (C=O) groups excluding carboxylic acids is 1. The van der Waals surface area contributed by atoms with Gasteiger partial charge in [-0.3, -0.25) is 4.79 Å². The Morgan fingerprint density at radius 1 is 1.38 bits per heavy atom. The zero-order valence-electron chi connectivity index (χ0n) is 11.8. The molecular weight excluding hydrogens is 270 g/mol. The lowest BCUT2D eigenvalue weighted by Gasteiger charge is -2.09. The maximum atomic E-state index is 12.4. The summed E-state index contributed by atoms with van der Waals surface area (Å²) in [6.07, 6.45) is 3.80. The summed E-state index contributed by atoms with van der Waals surface area (Å²) >= 11 is 0. The van der Waals surface area contributed by atoms with Crippen molar-refractivity contribution in [3.63, 3.8) is 0 Å². The fraction of sp³-hybridized carbons (Fsp3) is 0.375. The summed E-state index contributed by atoms with van der Waals surface area (Å²) in [6, 6.07) is 5.26. The fourth-order valence-corrected chi connectivity index (χ4v) is 2.20. The maximum Gasteiger partial charge on any atom is 0.343 e. The Morgan fingerprint density at radius 2 is 2.19 bits per heavy atom. The van der Waals surface area contributed by atoms with Crippen molar-refractivity contribution >= 4 is 16.9 Å². The first-order valence-electron chi connectivity index (χ1n) is 7.15. The van der Waals surface area contributed by atoms with Crippen LogP contribution in [0.3, 0.4) is 0 Å². The predicted octanol–water partition coefficient (Wildman–Crippen LogP) is 2.49. The number of H-pyrrole nitrogens is 1. The van der Waals surface area contributed by atoms with Gasteiger partial charge in [-0.25, -0.2) is 4.79 Å². The molecule has 5 nitrogen and oxygen atoms in total. The summed E-state index contributed by atoms with van der Waals surface area (Å²) in [7, 11) is 0. The van der Waals surface area contributed by atoms with Crippen molar-refractivity contribution in [1.29, 1.82) is 0 Å². The van der Waals surface area contributed by atoms with E-state index in [4.69, 9.17) is 9.47 Å². The van der Waals surface area contributed by atoms with Gasteiger partial charge in [0.2, 0.25) is 5.43 Å². The standard InChI is InChI=1S/C16H17NO4/c1-2-20-16(19)12-8-17-14-11(15(12)18)4-3-5-13(14)21-9-10-6-7-10/h3-5,8,10H,2,6-7,9H2,1H3,(H,17,18). The van der Waals surface area contributed by atoms with Crippen LogP contribution in [0.2, 0.25) is 0 Å². The molecule has 1 aliphatic rings. The topological polar surface area (TPSA) is 68.4 Å². The number of aromatic nitrogens is 1. The summed E-state index contributed by atoms with van der Waals surface area (Å²) in [5.74, 6) is 0.669. The summed E-state index contributed by atoms with van der Waals surface area (Å²) < 4.78 is 10.6. The monoisotopic (exact) mass is 287 g/mol. The number of benzene rings is 1. The molecule has 1 aliphatic carbocycles. The van der Waals surface area contributed by atoms with Crippen molar-refractivity contribution in [2.75, 3.05) is 13.2 Å². The van der Waals surface area contributed by atoms with E-state index in [2.05, 4.69) is 4.98 Å². The number of aromatic amines is 1. The van der Waals surface area contributed by atoms with Crippen LogP contribution in [-0.2, 0) is 4.74 Å². The Kier molecular flexibility index (Phi) is 3.64. The van der Waals surface area contributed by atoms with E-state index in [1.807, 2.05) is 6.07 Å². The Morgan fingerprint density at radius 3 is 2.90 bits per heavy atom. The lowest BCUT2D eigenvalue weighted by molar-refractivity contribution is 0.0524. The summed E-state index contributed by atoms with van der Waals surface area (Å²) in [5, 5.41) is 0.439. The molecule has 5 heteroatoms. The van der Waals surface area contributed by atoms with Crippen LogP contribution in [0.4, 0.5) is 0 Å². The molecule has 0 spiro atoms. The first-order valence-corrected chi connectivity index (χ1v) is 7.15. The second-order valence-corrected chi connectivity index (χ2v) is 5.19. The van der Waals surface area contributed by atoms with Gasteiger partial charge in [-0.15, -0.1) is 0 Å². The molecular formula is C16H17NO4. The molecule has 1 heterocycles. The third kappa shape index (κ3) is 2.77. The largest absolute Gasteiger partial charge is 0.491 e. The van der Waals surface area contributed by atoms with Gasteiger partial charge in [0, 0.05) is 6.20 Å². The van der Waals surface area contributed by atoms with Crippen molar-refractivity contribution < 1.29 is 14.3 Å². The van der Waals surface area contributed by atoms with Crippen molar-refractivity contribution in [2.45, 2.75) is 19.8 Å². The molecule has 110 valence electrons. The second-order valence-electron chi connectivity index (χ2n) is 5.19. The molecule has 3 rings (SSSR count). The number of para-hydroxylation sites is 1. The summed E-state index contributed by atoms with van der Waals surface area (Å²) in [6.45, 7) is 2.61. The van der Waals surface area contributed by atoms with Gasteiger partial charge in [0.05, 0.1) is 24.1 Å². The molecule has 0 radical (unpaired) electrons. The van der Waals surface area contributed by atoms with E-state index in [-0.39, 0.29) is 17.6 Å². The van der Waals surface area contributed by atoms with Gasteiger partial charge in [-0.05, 0) is 37.8 Å². The smallest absolute Gasteiger partial charge is 0.343 e. The fourth-order valence-electron chi connectivity index (χ4n) is 2.20. The van der Waals surface area contributed by atoms with Crippen LogP contribution < -0.4 is 10.2 Å². The molecule has 1 aromatic carbocycles. The minimum Gasteiger partial charge on any atom is -0.491 e. The van der Waals surface area contributed by atoms with Gasteiger partial charge >= 0.3 is 5.97 Å². The minimum absolute atomic E-state index is 0.0173. The highest BCUT2D eigenvalue weighted by Crippen LogP contribution is 2.30. The van der Waals surface area contributed by atoms with E-state index in [0.29, 0.717) is 29.2 Å². The molecule has 0 unspecified atom stereocenters. The first kappa shape index (κ1) is 13.7. The van der Waals surface area contributed by atoms with E-state index in [1.54, 1.807) is 19.1 Å². The maximum absolute atomic E-state index is 12.4. The quantitative estimate of drug-likeness (QED) is 0.858. The van der Waals surface area contributed by atoms with E-state index < -0.39 is 5.97 Å². The number of nitrogens with one attached hydrogen (secondary N) is 1. The van der Waals surface area contributed by atoms with Crippen LogP contribution in [0.25, 0.3) is 10.9 Å². The Balaban J connectivity index is 1.99. The van der Waals surface area contributed by atoms with Crippen molar-refractivity contribution in [3.05, 3.63) is 40.2 Å². The van der Waals surface area contributed by atoms with Gasteiger partial charge in [0.25, 0.3) is 0 Å². The van der Waals surface area contributed by atoms with Crippen LogP contribution in [0, 0.1) is 5.92 Å². The number of esters is 1. The number of hydrogen-bond donors (Lipinski definition) is 1. The van der Waals surface area contributed by atoms with Crippen LogP contribution in [-0.4, -0.2) is 24.2 Å². The first-order chi connectivity index (χ1) is 10.2. The lowest BCUT2D eigenvalue weighted by atomic mass is 10.1. The number of rotatable bonds is 5. The Hall–Kier alpha value is -2.30. The van der Waals surface area contributed by atoms with Crippen molar-refractivity contribution in [3.8, 4) is 5.75 Å². The summed E-state index contributed by atoms with van der Waals surface area (Å²) in [4.78, 5) is 27.1. The van der Waals surface area contributed by atoms with E-state index >= 15 is 0 Å². The van der Waals surface area contributed by atoms with Gasteiger partial charge < -0.3 is 14.5 Å². The third-order valence-corrected chi connectivity index (χ3v) is 3.54. The minimum atomic E-state index is -0.607. The van der Waals surface area contributed by atoms with Gasteiger partial charge in [-0.1, -0.05) is 6.07 Å². The zero-order chi connectivity index (χ0) is 14.8. The third-order valence-electron chi connectivity index (χ3n) is 3.54. The molecule has 0 saturated heterocycles. The average molecular weight is 287 g/mol. The lowest BCUT2D eigenvalue weighted by Crippen LogP contribution is -2.18.